The molecule has 2 heterocycles. The van der Waals surface area contributed by atoms with Crippen molar-refractivity contribution in [2.45, 2.75) is 25.8 Å². The molecular formula is C31H23F3N4O3. The van der Waals surface area contributed by atoms with Gasteiger partial charge in [0.15, 0.2) is 5.82 Å². The van der Waals surface area contributed by atoms with Gasteiger partial charge < -0.3 is 9.73 Å². The van der Waals surface area contributed by atoms with Crippen LogP contribution in [0.5, 0.6) is 0 Å². The van der Waals surface area contributed by atoms with Crippen molar-refractivity contribution in [2.75, 3.05) is 11.9 Å². The van der Waals surface area contributed by atoms with Gasteiger partial charge in [0.25, 0.3) is 11.8 Å². The average molecular weight is 557 g/mol. The number of hydrogen-bond acceptors (Lipinski definition) is 5. The molecule has 1 fully saturated rings. The molecule has 1 aliphatic carbocycles. The van der Waals surface area contributed by atoms with E-state index in [-0.39, 0.29) is 45.4 Å². The monoisotopic (exact) mass is 556 g/mol. The van der Waals surface area contributed by atoms with Gasteiger partial charge in [-0.2, -0.15) is 0 Å². The SMILES string of the molecule is CNC(=O)c1c(-c2ccc(F)cc2)oc2ccc(-c3cc(C(=O)N(c4ncc(F)cn4)C4CC4)ccc3C)c(F)c12. The summed E-state index contributed by atoms with van der Waals surface area (Å²) in [6.07, 6.45) is 3.53. The number of nitrogens with one attached hydrogen (secondary N) is 1. The van der Waals surface area contributed by atoms with Crippen molar-refractivity contribution in [3.63, 3.8) is 0 Å². The zero-order valence-electron chi connectivity index (χ0n) is 22.0. The number of hydrogen-bond donors (Lipinski definition) is 1. The highest BCUT2D eigenvalue weighted by atomic mass is 19.1. The molecule has 0 bridgehead atoms. The normalized spacial score (nSPS) is 12.9. The van der Waals surface area contributed by atoms with E-state index in [0.717, 1.165) is 25.2 Å². The molecule has 0 unspecified atom stereocenters. The van der Waals surface area contributed by atoms with Gasteiger partial charge in [0.05, 0.1) is 23.3 Å². The van der Waals surface area contributed by atoms with E-state index in [1.807, 2.05) is 0 Å². The van der Waals surface area contributed by atoms with Gasteiger partial charge >= 0.3 is 0 Å². The molecule has 0 atom stereocenters. The summed E-state index contributed by atoms with van der Waals surface area (Å²) in [6.45, 7) is 1.79. The van der Waals surface area contributed by atoms with Crippen LogP contribution in [-0.2, 0) is 0 Å². The van der Waals surface area contributed by atoms with Crippen molar-refractivity contribution in [3.8, 4) is 22.5 Å². The molecule has 0 saturated heterocycles. The van der Waals surface area contributed by atoms with Crippen LogP contribution in [0.4, 0.5) is 19.1 Å². The number of carbonyl (C=O) groups is 2. The zero-order valence-corrected chi connectivity index (χ0v) is 22.0. The van der Waals surface area contributed by atoms with Gasteiger partial charge in [-0.15, -0.1) is 0 Å². The number of rotatable bonds is 6. The van der Waals surface area contributed by atoms with Crippen molar-refractivity contribution in [1.29, 1.82) is 0 Å². The maximum Gasteiger partial charge on any atom is 0.260 e. The number of aromatic nitrogens is 2. The molecule has 3 aromatic carbocycles. The zero-order chi connectivity index (χ0) is 28.8. The van der Waals surface area contributed by atoms with Crippen molar-refractivity contribution in [3.05, 3.63) is 101 Å². The van der Waals surface area contributed by atoms with E-state index in [4.69, 9.17) is 4.42 Å². The lowest BCUT2D eigenvalue weighted by Gasteiger charge is -2.21. The van der Waals surface area contributed by atoms with Crippen molar-refractivity contribution >= 4 is 28.7 Å². The molecule has 206 valence electrons. The first kappa shape index (κ1) is 26.2. The molecule has 7 nitrogen and oxygen atoms in total. The summed E-state index contributed by atoms with van der Waals surface area (Å²) in [5, 5.41) is 2.49. The highest BCUT2D eigenvalue weighted by Gasteiger charge is 2.36. The minimum atomic E-state index is -0.702. The van der Waals surface area contributed by atoms with Crippen LogP contribution in [0.15, 0.2) is 71.4 Å². The summed E-state index contributed by atoms with van der Waals surface area (Å²) in [7, 11) is 1.42. The van der Waals surface area contributed by atoms with E-state index < -0.39 is 29.3 Å². The van der Waals surface area contributed by atoms with Crippen LogP contribution in [0, 0.1) is 24.4 Å². The van der Waals surface area contributed by atoms with Gasteiger partial charge in [0.1, 0.15) is 23.0 Å². The molecule has 2 aromatic heterocycles. The first-order valence-electron chi connectivity index (χ1n) is 12.9. The van der Waals surface area contributed by atoms with Crippen LogP contribution in [0.2, 0.25) is 0 Å². The first-order valence-corrected chi connectivity index (χ1v) is 12.9. The first-order chi connectivity index (χ1) is 19.8. The summed E-state index contributed by atoms with van der Waals surface area (Å²) in [4.78, 5) is 36.0. The fourth-order valence-corrected chi connectivity index (χ4v) is 4.87. The molecule has 0 spiro atoms. The Morgan fingerprint density at radius 2 is 1.63 bits per heavy atom. The maximum absolute atomic E-state index is 16.4. The third-order valence-corrected chi connectivity index (χ3v) is 7.08. The largest absolute Gasteiger partial charge is 0.455 e. The van der Waals surface area contributed by atoms with E-state index in [1.165, 1.54) is 42.3 Å². The second-order valence-electron chi connectivity index (χ2n) is 9.83. The van der Waals surface area contributed by atoms with Crippen molar-refractivity contribution < 1.29 is 27.2 Å². The van der Waals surface area contributed by atoms with Crippen LogP contribution >= 0.6 is 0 Å². The van der Waals surface area contributed by atoms with Crippen molar-refractivity contribution in [1.82, 2.24) is 15.3 Å². The third-order valence-electron chi connectivity index (χ3n) is 7.08. The molecule has 2 amide bonds. The lowest BCUT2D eigenvalue weighted by Crippen LogP contribution is -2.34. The predicted octanol–water partition coefficient (Wildman–Crippen LogP) is 6.45. The van der Waals surface area contributed by atoms with E-state index in [1.54, 1.807) is 31.2 Å². The smallest absolute Gasteiger partial charge is 0.260 e. The fraction of sp³-hybridized carbons (Fsp3) is 0.161. The number of nitrogens with zero attached hydrogens (tertiary/aromatic N) is 3. The Kier molecular flexibility index (Phi) is 6.53. The molecule has 0 aliphatic heterocycles. The van der Waals surface area contributed by atoms with Crippen molar-refractivity contribution in [2.24, 2.45) is 0 Å². The van der Waals surface area contributed by atoms with Crippen LogP contribution < -0.4 is 10.2 Å². The Morgan fingerprint density at radius 3 is 2.29 bits per heavy atom. The Bertz CT molecular complexity index is 1810. The highest BCUT2D eigenvalue weighted by molar-refractivity contribution is 6.12. The summed E-state index contributed by atoms with van der Waals surface area (Å²) in [5.41, 5.74) is 2.11. The quantitative estimate of drug-likeness (QED) is 0.260. The molecule has 1 saturated carbocycles. The number of carbonyl (C=O) groups excluding carboxylic acids is 2. The topological polar surface area (TPSA) is 88.3 Å². The standard InChI is InChI=1S/C31H23F3N4O3/c1-16-3-4-18(30(40)38(21-9-10-21)31-36-14-20(33)15-37-31)13-23(16)22-11-12-24-25(27(22)34)26(29(39)35-2)28(41-24)17-5-7-19(32)8-6-17/h3-8,11-15,21H,9-10H2,1-2H3,(H,35,39). The summed E-state index contributed by atoms with van der Waals surface area (Å²) < 4.78 is 49.3. The molecule has 10 heteroatoms. The van der Waals surface area contributed by atoms with Gasteiger partial charge in [-0.05, 0) is 79.4 Å². The van der Waals surface area contributed by atoms with Crippen LogP contribution in [-0.4, -0.2) is 34.9 Å². The summed E-state index contributed by atoms with van der Waals surface area (Å²) in [6, 6.07) is 13.3. The Hall–Kier alpha value is -4.99. The van der Waals surface area contributed by atoms with Gasteiger partial charge in [-0.3, -0.25) is 14.5 Å². The maximum atomic E-state index is 16.4. The number of aryl methyl sites for hydroxylation is 1. The second-order valence-corrected chi connectivity index (χ2v) is 9.83. The molecule has 6 rings (SSSR count). The van der Waals surface area contributed by atoms with Gasteiger partial charge in [0, 0.05) is 29.8 Å². The van der Waals surface area contributed by atoms with E-state index in [2.05, 4.69) is 15.3 Å². The van der Waals surface area contributed by atoms with Gasteiger partial charge in [-0.1, -0.05) is 6.07 Å². The average Bonchev–Trinajstić information content (AvgIpc) is 3.73. The Labute approximate surface area is 232 Å². The predicted molar refractivity (Wildman–Crippen MR) is 147 cm³/mol. The fourth-order valence-electron chi connectivity index (χ4n) is 4.87. The van der Waals surface area contributed by atoms with Gasteiger partial charge in [0.2, 0.25) is 5.95 Å². The van der Waals surface area contributed by atoms with Crippen LogP contribution in [0.25, 0.3) is 33.4 Å². The molecule has 5 aromatic rings. The van der Waals surface area contributed by atoms with E-state index in [9.17, 15) is 18.4 Å². The van der Waals surface area contributed by atoms with Crippen LogP contribution in [0.1, 0.15) is 39.1 Å². The second kappa shape index (κ2) is 10.2. The summed E-state index contributed by atoms with van der Waals surface area (Å²) in [5.74, 6) is -2.54. The van der Waals surface area contributed by atoms with Crippen LogP contribution in [0.3, 0.4) is 0 Å². The lowest BCUT2D eigenvalue weighted by molar-refractivity contribution is 0.0961. The minimum absolute atomic E-state index is 0.0216. The molecular weight excluding hydrogens is 533 g/mol. The minimum Gasteiger partial charge on any atom is -0.455 e. The highest BCUT2D eigenvalue weighted by Crippen LogP contribution is 2.40. The van der Waals surface area contributed by atoms with E-state index in [0.29, 0.717) is 16.7 Å². The number of benzene rings is 3. The molecule has 0 radical (unpaired) electrons. The third kappa shape index (κ3) is 4.71. The Morgan fingerprint density at radius 1 is 0.927 bits per heavy atom. The molecule has 1 aliphatic rings. The lowest BCUT2D eigenvalue weighted by atomic mass is 9.94. The number of furan rings is 1. The number of halogens is 3. The Balaban J connectivity index is 1.47. The van der Waals surface area contributed by atoms with E-state index >= 15 is 4.39 Å². The number of anilines is 1. The molecule has 41 heavy (non-hydrogen) atoms. The molecule has 1 N–H and O–H groups in total. The number of amides is 2. The summed E-state index contributed by atoms with van der Waals surface area (Å²) >= 11 is 0. The van der Waals surface area contributed by atoms with Gasteiger partial charge in [-0.25, -0.2) is 23.1 Å². The number of fused-ring (bicyclic) bond motifs is 1.